The van der Waals surface area contributed by atoms with Crippen LogP contribution in [-0.4, -0.2) is 58.5 Å². The highest BCUT2D eigenvalue weighted by atomic mass is 31.2. The zero-order valence-electron chi connectivity index (χ0n) is 16.7. The Morgan fingerprint density at radius 3 is 2.61 bits per heavy atom. The van der Waals surface area contributed by atoms with Crippen LogP contribution in [0.5, 0.6) is 5.75 Å². The van der Waals surface area contributed by atoms with E-state index in [1.54, 1.807) is 6.92 Å². The number of phosphoric acid groups is 1. The molecule has 0 radical (unpaired) electrons. The van der Waals surface area contributed by atoms with Crippen LogP contribution in [-0.2, 0) is 18.6 Å². The Morgan fingerprint density at radius 2 is 2.00 bits per heavy atom. The summed E-state index contributed by atoms with van der Waals surface area (Å²) < 4.78 is 27.0. The van der Waals surface area contributed by atoms with Crippen LogP contribution in [0.1, 0.15) is 13.3 Å². The molecule has 0 spiro atoms. The van der Waals surface area contributed by atoms with Gasteiger partial charge in [0, 0.05) is 25.1 Å². The number of hydrogen-bond acceptors (Lipinski definition) is 10. The lowest BCUT2D eigenvalue weighted by Gasteiger charge is -2.34. The van der Waals surface area contributed by atoms with E-state index in [0.29, 0.717) is 0 Å². The van der Waals surface area contributed by atoms with Gasteiger partial charge >= 0.3 is 13.9 Å². The minimum Gasteiger partial charge on any atom is -0.746 e. The van der Waals surface area contributed by atoms with E-state index in [4.69, 9.17) is 13.8 Å². The van der Waals surface area contributed by atoms with Gasteiger partial charge in [-0.1, -0.05) is 6.92 Å². The van der Waals surface area contributed by atoms with Gasteiger partial charge in [0.15, 0.2) is 0 Å². The number of nitrogens with one attached hydrogen (secondary N) is 1. The number of non-ortho nitro benzene ring substituents is 1. The molecule has 14 nitrogen and oxygen atoms in total. The molecule has 2 fully saturated rings. The van der Waals surface area contributed by atoms with Crippen molar-refractivity contribution in [2.24, 2.45) is 5.92 Å². The lowest BCUT2D eigenvalue weighted by Crippen LogP contribution is -2.57. The van der Waals surface area contributed by atoms with Crippen LogP contribution < -0.4 is 20.9 Å². The Hall–Kier alpha value is -2.61. The number of quaternary nitrogens is 1. The third-order valence-electron chi connectivity index (χ3n) is 4.62. The van der Waals surface area contributed by atoms with Crippen molar-refractivity contribution in [3.8, 4) is 5.75 Å². The third kappa shape index (κ3) is 5.97. The van der Waals surface area contributed by atoms with Crippen molar-refractivity contribution < 1.29 is 42.9 Å². The Kier molecular flexibility index (Phi) is 7.70. The molecule has 1 aromatic carbocycles. The molecule has 2 saturated heterocycles. The van der Waals surface area contributed by atoms with Crippen molar-refractivity contribution in [3.05, 3.63) is 34.4 Å². The second-order valence-corrected chi connectivity index (χ2v) is 8.20. The Balaban J connectivity index is 0.00000341. The largest absolute Gasteiger partial charge is 0.746 e. The van der Waals surface area contributed by atoms with Crippen LogP contribution in [0.15, 0.2) is 24.3 Å². The minimum atomic E-state index is -4.86. The number of urea groups is 1. The van der Waals surface area contributed by atoms with Gasteiger partial charge in [0.25, 0.3) is 5.69 Å². The van der Waals surface area contributed by atoms with Crippen LogP contribution in [0.2, 0.25) is 0 Å². The molecular formula is C16H23N4O10P. The number of ether oxygens (including phenoxy) is 1. The van der Waals surface area contributed by atoms with E-state index in [9.17, 15) is 34.3 Å². The molecule has 2 aliphatic rings. The summed E-state index contributed by atoms with van der Waals surface area (Å²) in [5, 5.41) is 22.9. The van der Waals surface area contributed by atoms with Crippen molar-refractivity contribution >= 4 is 25.4 Å². The summed E-state index contributed by atoms with van der Waals surface area (Å²) in [7, 11) is -4.86. The lowest BCUT2D eigenvalue weighted by atomic mass is 10.1. The maximum Gasteiger partial charge on any atom is 0.326 e. The van der Waals surface area contributed by atoms with E-state index < -0.39 is 55.6 Å². The number of nitro benzene ring substituents is 1. The predicted molar refractivity (Wildman–Crippen MR) is 102 cm³/mol. The van der Waals surface area contributed by atoms with Gasteiger partial charge in [-0.2, -0.15) is 0 Å². The zero-order chi connectivity index (χ0) is 22.1. The number of nitrogens with zero attached hydrogens (tertiary/aromatic N) is 2. The fourth-order valence-electron chi connectivity index (χ4n) is 3.02. The number of aliphatic hydroxyl groups excluding tert-OH is 1. The van der Waals surface area contributed by atoms with E-state index in [1.807, 2.05) is 0 Å². The van der Waals surface area contributed by atoms with Gasteiger partial charge in [0.1, 0.15) is 18.1 Å². The first kappa shape index (κ1) is 24.7. The summed E-state index contributed by atoms with van der Waals surface area (Å²) >= 11 is 0. The molecule has 0 aliphatic carbocycles. The summed E-state index contributed by atoms with van der Waals surface area (Å²) in [6, 6.07) is 3.67. The summed E-state index contributed by atoms with van der Waals surface area (Å²) in [5.74, 6) is -1.06. The number of imide groups is 1. The van der Waals surface area contributed by atoms with Gasteiger partial charge in [-0.25, -0.2) is 4.79 Å². The molecule has 0 saturated carbocycles. The van der Waals surface area contributed by atoms with Gasteiger partial charge in [-0.15, -0.1) is 0 Å². The highest BCUT2D eigenvalue weighted by molar-refractivity contribution is 7.46. The van der Waals surface area contributed by atoms with Crippen molar-refractivity contribution in [3.63, 3.8) is 0 Å². The molecule has 5 atom stereocenters. The van der Waals surface area contributed by atoms with Crippen LogP contribution in [0, 0.1) is 16.0 Å². The number of benzene rings is 1. The van der Waals surface area contributed by atoms with E-state index in [2.05, 4.69) is 5.32 Å². The Labute approximate surface area is 176 Å². The van der Waals surface area contributed by atoms with Gasteiger partial charge < -0.3 is 29.9 Å². The third-order valence-corrected chi connectivity index (χ3v) is 5.52. The van der Waals surface area contributed by atoms with Gasteiger partial charge in [0.2, 0.25) is 5.91 Å². The normalized spacial score (nSPS) is 27.8. The Bertz CT molecular complexity index is 882. The van der Waals surface area contributed by atoms with Crippen molar-refractivity contribution in [2.75, 3.05) is 13.2 Å². The first-order chi connectivity index (χ1) is 14.1. The van der Waals surface area contributed by atoms with E-state index >= 15 is 0 Å². The van der Waals surface area contributed by atoms with Crippen molar-refractivity contribution in [1.82, 2.24) is 16.4 Å². The van der Waals surface area contributed by atoms with Gasteiger partial charge in [0.05, 0.1) is 23.6 Å². The molecular weight excluding hydrogens is 439 g/mol. The van der Waals surface area contributed by atoms with Crippen LogP contribution in [0.3, 0.4) is 0 Å². The number of amides is 3. The summed E-state index contributed by atoms with van der Waals surface area (Å²) in [4.78, 5) is 46.7. The molecule has 6 N–H and O–H groups in total. The molecule has 2 aliphatic heterocycles. The topological polar surface area (TPSA) is 217 Å². The van der Waals surface area contributed by atoms with Gasteiger partial charge in [-0.3, -0.25) is 29.7 Å². The number of hydrogen-bond donors (Lipinski definition) is 3. The highest BCUT2D eigenvalue weighted by Gasteiger charge is 2.42. The summed E-state index contributed by atoms with van der Waals surface area (Å²) in [5.41, 5.74) is -0.240. The number of nitro groups is 1. The second kappa shape index (κ2) is 9.68. The average molecular weight is 462 g/mol. The van der Waals surface area contributed by atoms with Gasteiger partial charge in [-0.05, 0) is 12.1 Å². The molecule has 0 aromatic heterocycles. The molecule has 15 heteroatoms. The Morgan fingerprint density at radius 1 is 1.35 bits per heavy atom. The highest BCUT2D eigenvalue weighted by Crippen LogP contribution is 2.41. The molecule has 5 unspecified atom stereocenters. The smallest absolute Gasteiger partial charge is 0.326 e. The SMILES string of the molecule is CC1CN(C2CC(O)C(COP(=O)([O-])Oc3ccc([N+](=O)[O-])cc3)O2)C(=O)NC1=O.[NH4+]. The lowest BCUT2D eigenvalue weighted by molar-refractivity contribution is -0.384. The number of aliphatic hydroxyl groups is 1. The molecule has 3 amide bonds. The monoisotopic (exact) mass is 462 g/mol. The van der Waals surface area contributed by atoms with Crippen molar-refractivity contribution in [1.29, 1.82) is 0 Å². The fraction of sp³-hybridized carbons (Fsp3) is 0.500. The number of carbonyl (C=O) groups is 2. The first-order valence-corrected chi connectivity index (χ1v) is 10.4. The number of carbonyl (C=O) groups excluding carboxylic acids is 2. The maximum atomic E-state index is 12.0. The molecule has 0 bridgehead atoms. The molecule has 3 rings (SSSR count). The standard InChI is InChI=1S/C16H20N3O10P.H3N/c1-9-7-18(16(22)17-15(9)21)14-6-12(20)13(28-14)8-27-30(25,26)29-11-4-2-10(3-5-11)19(23)24;/h2-5,9,12-14,20H,6-8H2,1H3,(H,25,26)(H,17,21,22);1H3. The van der Waals surface area contributed by atoms with Crippen molar-refractivity contribution in [2.45, 2.75) is 31.8 Å². The molecule has 31 heavy (non-hydrogen) atoms. The summed E-state index contributed by atoms with van der Waals surface area (Å²) in [6.45, 7) is 1.15. The van der Waals surface area contributed by atoms with Crippen LogP contribution >= 0.6 is 7.82 Å². The number of rotatable bonds is 7. The van der Waals surface area contributed by atoms with Crippen LogP contribution in [0.25, 0.3) is 0 Å². The predicted octanol–water partition coefficient (Wildman–Crippen LogP) is 0.499. The molecule has 172 valence electrons. The first-order valence-electron chi connectivity index (χ1n) is 8.90. The molecule has 1 aromatic rings. The van der Waals surface area contributed by atoms with Crippen LogP contribution in [0.4, 0.5) is 10.5 Å². The average Bonchev–Trinajstić information content (AvgIpc) is 3.03. The van der Waals surface area contributed by atoms with E-state index in [1.165, 1.54) is 4.90 Å². The minimum absolute atomic E-state index is 0. The molecule has 2 heterocycles. The van der Waals surface area contributed by atoms with E-state index in [-0.39, 0.29) is 30.6 Å². The maximum absolute atomic E-state index is 12.0. The summed E-state index contributed by atoms with van der Waals surface area (Å²) in [6.07, 6.45) is -3.02. The second-order valence-electron chi connectivity index (χ2n) is 6.87. The zero-order valence-corrected chi connectivity index (χ0v) is 17.6. The number of phosphoric ester groups is 1. The quantitative estimate of drug-likeness (QED) is 0.289. The van der Waals surface area contributed by atoms with E-state index in [0.717, 1.165) is 24.3 Å². The fourth-order valence-corrected chi connectivity index (χ4v) is 3.78.